The lowest BCUT2D eigenvalue weighted by Gasteiger charge is -2.13. The van der Waals surface area contributed by atoms with Gasteiger partial charge in [0.15, 0.2) is 0 Å². The van der Waals surface area contributed by atoms with E-state index in [2.05, 4.69) is 5.32 Å². The van der Waals surface area contributed by atoms with Crippen LogP contribution >= 0.6 is 10.7 Å². The first-order valence-corrected chi connectivity index (χ1v) is 8.15. The number of benzene rings is 1. The summed E-state index contributed by atoms with van der Waals surface area (Å²) < 4.78 is 35.9. The maximum atomic E-state index is 13.6. The van der Waals surface area contributed by atoms with Crippen LogP contribution in [0.1, 0.15) is 30.1 Å². The first-order valence-electron chi connectivity index (χ1n) is 5.84. The Balaban J connectivity index is 2.25. The number of carbonyl (C=O) groups excluding carboxylic acids is 1. The lowest BCUT2D eigenvalue weighted by Crippen LogP contribution is -2.34. The number of rotatable bonds is 4. The number of hydrogen-bond donors (Lipinski definition) is 1. The van der Waals surface area contributed by atoms with Gasteiger partial charge in [0.1, 0.15) is 5.82 Å². The topological polar surface area (TPSA) is 63.2 Å². The van der Waals surface area contributed by atoms with Gasteiger partial charge in [-0.15, -0.1) is 0 Å². The summed E-state index contributed by atoms with van der Waals surface area (Å²) in [6.07, 6.45) is 2.08. The largest absolute Gasteiger partial charge is 0.349 e. The quantitative estimate of drug-likeness (QED) is 0.868. The second-order valence-electron chi connectivity index (χ2n) is 4.68. The zero-order valence-corrected chi connectivity index (χ0v) is 11.8. The van der Waals surface area contributed by atoms with Crippen molar-refractivity contribution in [1.82, 2.24) is 5.32 Å². The standard InChI is InChI=1S/C12H13ClFNO3S/c1-7(8-2-3-8)15-12(16)10-6-9(19(13,17)18)4-5-11(10)14/h4-8H,2-3H2,1H3,(H,15,16). The average molecular weight is 306 g/mol. The molecule has 1 N–H and O–H groups in total. The van der Waals surface area contributed by atoms with E-state index in [0.717, 1.165) is 31.0 Å². The summed E-state index contributed by atoms with van der Waals surface area (Å²) in [5, 5.41) is 2.66. The van der Waals surface area contributed by atoms with Gasteiger partial charge in [0.2, 0.25) is 0 Å². The smallest absolute Gasteiger partial charge is 0.261 e. The third kappa shape index (κ3) is 3.45. The minimum atomic E-state index is -3.98. The van der Waals surface area contributed by atoms with Crippen molar-refractivity contribution >= 4 is 25.6 Å². The van der Waals surface area contributed by atoms with Crippen LogP contribution in [0.3, 0.4) is 0 Å². The Morgan fingerprint density at radius 3 is 2.63 bits per heavy atom. The van der Waals surface area contributed by atoms with E-state index in [1.807, 2.05) is 6.92 Å². The molecule has 2 rings (SSSR count). The Hall–Kier alpha value is -1.14. The van der Waals surface area contributed by atoms with Crippen LogP contribution in [0.5, 0.6) is 0 Å². The molecule has 0 saturated heterocycles. The summed E-state index contributed by atoms with van der Waals surface area (Å²) in [7, 11) is 1.19. The summed E-state index contributed by atoms with van der Waals surface area (Å²) in [6.45, 7) is 1.84. The Morgan fingerprint density at radius 2 is 2.11 bits per heavy atom. The van der Waals surface area contributed by atoms with Crippen LogP contribution in [0.15, 0.2) is 23.1 Å². The van der Waals surface area contributed by atoms with Gasteiger partial charge < -0.3 is 5.32 Å². The van der Waals surface area contributed by atoms with Crippen molar-refractivity contribution in [3.8, 4) is 0 Å². The highest BCUT2D eigenvalue weighted by Gasteiger charge is 2.29. The Labute approximate surface area is 115 Å². The van der Waals surface area contributed by atoms with Crippen molar-refractivity contribution in [1.29, 1.82) is 0 Å². The molecule has 1 aliphatic carbocycles. The molecule has 19 heavy (non-hydrogen) atoms. The molecular formula is C12H13ClFNO3S. The molecule has 1 saturated carbocycles. The number of nitrogens with one attached hydrogen (secondary N) is 1. The Kier molecular flexibility index (Phi) is 3.82. The predicted octanol–water partition coefficient (Wildman–Crippen LogP) is 2.28. The van der Waals surface area contributed by atoms with Crippen LogP contribution in [0, 0.1) is 11.7 Å². The maximum absolute atomic E-state index is 13.6. The monoisotopic (exact) mass is 305 g/mol. The van der Waals surface area contributed by atoms with Gasteiger partial charge in [-0.05, 0) is 43.9 Å². The normalized spacial score (nSPS) is 17.0. The van der Waals surface area contributed by atoms with Crippen LogP contribution in [-0.2, 0) is 9.05 Å². The second kappa shape index (κ2) is 5.09. The second-order valence-corrected chi connectivity index (χ2v) is 7.25. The van der Waals surface area contributed by atoms with Crippen LogP contribution in [-0.4, -0.2) is 20.4 Å². The molecule has 0 aliphatic heterocycles. The summed E-state index contributed by atoms with van der Waals surface area (Å²) in [5.41, 5.74) is -0.311. The fraction of sp³-hybridized carbons (Fsp3) is 0.417. The molecule has 0 heterocycles. The molecule has 0 bridgehead atoms. The number of halogens is 2. The molecule has 1 aromatic carbocycles. The van der Waals surface area contributed by atoms with Crippen LogP contribution in [0.25, 0.3) is 0 Å². The molecule has 0 spiro atoms. The highest BCUT2D eigenvalue weighted by atomic mass is 35.7. The van der Waals surface area contributed by atoms with E-state index in [9.17, 15) is 17.6 Å². The van der Waals surface area contributed by atoms with Crippen molar-refractivity contribution in [3.63, 3.8) is 0 Å². The van der Waals surface area contributed by atoms with E-state index in [0.29, 0.717) is 5.92 Å². The maximum Gasteiger partial charge on any atom is 0.261 e. The molecule has 1 amide bonds. The predicted molar refractivity (Wildman–Crippen MR) is 69.1 cm³/mol. The van der Waals surface area contributed by atoms with Gasteiger partial charge in [-0.25, -0.2) is 12.8 Å². The fourth-order valence-corrected chi connectivity index (χ4v) is 2.61. The van der Waals surface area contributed by atoms with Gasteiger partial charge in [0, 0.05) is 16.7 Å². The molecule has 1 aromatic rings. The highest BCUT2D eigenvalue weighted by molar-refractivity contribution is 8.13. The van der Waals surface area contributed by atoms with Gasteiger partial charge in [0.05, 0.1) is 10.5 Å². The van der Waals surface area contributed by atoms with E-state index in [-0.39, 0.29) is 16.5 Å². The third-order valence-corrected chi connectivity index (χ3v) is 4.50. The van der Waals surface area contributed by atoms with E-state index >= 15 is 0 Å². The molecule has 7 heteroatoms. The third-order valence-electron chi connectivity index (χ3n) is 3.15. The lowest BCUT2D eigenvalue weighted by atomic mass is 10.1. The van der Waals surface area contributed by atoms with Crippen LogP contribution in [0.2, 0.25) is 0 Å². The van der Waals surface area contributed by atoms with E-state index < -0.39 is 20.8 Å². The first-order chi connectivity index (χ1) is 8.79. The van der Waals surface area contributed by atoms with E-state index in [1.54, 1.807) is 0 Å². The highest BCUT2D eigenvalue weighted by Crippen LogP contribution is 2.32. The van der Waals surface area contributed by atoms with Crippen LogP contribution < -0.4 is 5.32 Å². The summed E-state index contributed by atoms with van der Waals surface area (Å²) in [4.78, 5) is 11.6. The van der Waals surface area contributed by atoms with Crippen molar-refractivity contribution in [3.05, 3.63) is 29.6 Å². The zero-order valence-electron chi connectivity index (χ0n) is 10.2. The molecule has 0 radical (unpaired) electrons. The fourth-order valence-electron chi connectivity index (χ4n) is 1.83. The van der Waals surface area contributed by atoms with Crippen molar-refractivity contribution in [2.75, 3.05) is 0 Å². The zero-order chi connectivity index (χ0) is 14.2. The molecule has 104 valence electrons. The minimum Gasteiger partial charge on any atom is -0.349 e. The van der Waals surface area contributed by atoms with Gasteiger partial charge in [0.25, 0.3) is 15.0 Å². The summed E-state index contributed by atoms with van der Waals surface area (Å²) in [6, 6.07) is 2.85. The van der Waals surface area contributed by atoms with Crippen LogP contribution in [0.4, 0.5) is 4.39 Å². The summed E-state index contributed by atoms with van der Waals surface area (Å²) >= 11 is 0. The van der Waals surface area contributed by atoms with Gasteiger partial charge in [-0.1, -0.05) is 0 Å². The molecule has 1 aliphatic rings. The van der Waals surface area contributed by atoms with E-state index in [1.165, 1.54) is 0 Å². The molecule has 4 nitrogen and oxygen atoms in total. The Morgan fingerprint density at radius 1 is 1.47 bits per heavy atom. The molecule has 0 aromatic heterocycles. The number of amides is 1. The van der Waals surface area contributed by atoms with Crippen molar-refractivity contribution in [2.45, 2.75) is 30.7 Å². The summed E-state index contributed by atoms with van der Waals surface area (Å²) in [5.74, 6) is -0.976. The SMILES string of the molecule is CC(NC(=O)c1cc(S(=O)(=O)Cl)ccc1F)C1CC1. The number of hydrogen-bond acceptors (Lipinski definition) is 3. The number of carbonyl (C=O) groups is 1. The lowest BCUT2D eigenvalue weighted by molar-refractivity contribution is 0.0931. The minimum absolute atomic E-state index is 0.0526. The molecular weight excluding hydrogens is 293 g/mol. The van der Waals surface area contributed by atoms with Crippen molar-refractivity contribution < 1.29 is 17.6 Å². The first kappa shape index (κ1) is 14.3. The van der Waals surface area contributed by atoms with Gasteiger partial charge in [-0.3, -0.25) is 4.79 Å². The van der Waals surface area contributed by atoms with E-state index in [4.69, 9.17) is 10.7 Å². The average Bonchev–Trinajstić information content (AvgIpc) is 3.11. The van der Waals surface area contributed by atoms with Gasteiger partial charge >= 0.3 is 0 Å². The van der Waals surface area contributed by atoms with Crippen molar-refractivity contribution in [2.24, 2.45) is 5.92 Å². The molecule has 1 atom stereocenters. The molecule has 1 fully saturated rings. The Bertz CT molecular complexity index is 613. The van der Waals surface area contributed by atoms with Gasteiger partial charge in [-0.2, -0.15) is 0 Å². The molecule has 1 unspecified atom stereocenters.